The van der Waals surface area contributed by atoms with Gasteiger partial charge in [-0.25, -0.2) is 4.79 Å². The highest BCUT2D eigenvalue weighted by molar-refractivity contribution is 6.09. The normalized spacial score (nSPS) is 14.0. The lowest BCUT2D eigenvalue weighted by Crippen LogP contribution is -2.24. The molecule has 27 heavy (non-hydrogen) atoms. The van der Waals surface area contributed by atoms with Crippen LogP contribution in [-0.4, -0.2) is 17.0 Å². The third-order valence-electron chi connectivity index (χ3n) is 4.72. The maximum absolute atomic E-state index is 14.6. The molecule has 4 rings (SSSR count). The first kappa shape index (κ1) is 17.0. The number of anilines is 1. The average Bonchev–Trinajstić information content (AvgIpc) is 3.34. The van der Waals surface area contributed by atoms with E-state index in [1.165, 1.54) is 12.1 Å². The van der Waals surface area contributed by atoms with Crippen LogP contribution in [-0.2, 0) is 9.59 Å². The third-order valence-corrected chi connectivity index (χ3v) is 4.72. The molecular weight excluding hydrogens is 349 g/mol. The monoisotopic (exact) mass is 365 g/mol. The van der Waals surface area contributed by atoms with Crippen LogP contribution >= 0.6 is 0 Å². The highest BCUT2D eigenvalue weighted by atomic mass is 19.2. The lowest BCUT2D eigenvalue weighted by molar-refractivity contribution is -0.133. The number of carbonyl (C=O) groups is 2. The Morgan fingerprint density at radius 2 is 1.70 bits per heavy atom. The molecule has 1 aliphatic rings. The van der Waals surface area contributed by atoms with Gasteiger partial charge < -0.3 is 9.52 Å². The molecule has 1 aromatic heterocycles. The summed E-state index contributed by atoms with van der Waals surface area (Å²) in [6.07, 6.45) is 1.11. The van der Waals surface area contributed by atoms with Crippen molar-refractivity contribution in [1.82, 2.24) is 0 Å². The second kappa shape index (κ2) is 6.72. The van der Waals surface area contributed by atoms with Gasteiger partial charge in [0.15, 0.2) is 0 Å². The van der Waals surface area contributed by atoms with Gasteiger partial charge in [-0.05, 0) is 55.7 Å². The van der Waals surface area contributed by atoms with Crippen molar-refractivity contribution in [3.63, 3.8) is 0 Å². The predicted molar refractivity (Wildman–Crippen MR) is 98.8 cm³/mol. The maximum Gasteiger partial charge on any atom is 0.332 e. The van der Waals surface area contributed by atoms with Crippen LogP contribution < -0.4 is 5.12 Å². The summed E-state index contributed by atoms with van der Waals surface area (Å²) in [7, 11) is 0. The van der Waals surface area contributed by atoms with Crippen LogP contribution in [0.25, 0.3) is 22.3 Å². The Bertz CT molecular complexity index is 1030. The van der Waals surface area contributed by atoms with Crippen molar-refractivity contribution in [1.29, 1.82) is 0 Å². The topological polar surface area (TPSA) is 70.8 Å². The number of hydrogen-bond donors (Lipinski definition) is 1. The SMILES string of the molecule is O=C(O)C1=C(C(=O)N(F)c2ccc(-c3cc4ccccc4o3)cc2)CCC1. The van der Waals surface area contributed by atoms with E-state index in [9.17, 15) is 14.1 Å². The molecule has 0 aliphatic heterocycles. The summed E-state index contributed by atoms with van der Waals surface area (Å²) >= 11 is 0. The zero-order valence-electron chi connectivity index (χ0n) is 14.3. The Labute approximate surface area is 154 Å². The molecule has 0 bridgehead atoms. The smallest absolute Gasteiger partial charge is 0.332 e. The third kappa shape index (κ3) is 3.10. The van der Waals surface area contributed by atoms with Crippen LogP contribution in [0.3, 0.4) is 0 Å². The fourth-order valence-electron chi connectivity index (χ4n) is 3.33. The van der Waals surface area contributed by atoms with Crippen LogP contribution in [0.1, 0.15) is 19.3 Å². The van der Waals surface area contributed by atoms with E-state index in [0.717, 1.165) is 16.5 Å². The highest BCUT2D eigenvalue weighted by Gasteiger charge is 2.29. The molecule has 0 saturated heterocycles. The minimum Gasteiger partial charge on any atom is -0.478 e. The summed E-state index contributed by atoms with van der Waals surface area (Å²) in [6.45, 7) is 0. The molecule has 0 saturated carbocycles. The summed E-state index contributed by atoms with van der Waals surface area (Å²) in [5.74, 6) is -1.43. The van der Waals surface area contributed by atoms with E-state index < -0.39 is 11.9 Å². The molecule has 6 heteroatoms. The first-order chi connectivity index (χ1) is 13.0. The molecular formula is C21H16FNO4. The van der Waals surface area contributed by atoms with Crippen molar-refractivity contribution >= 4 is 28.5 Å². The van der Waals surface area contributed by atoms with Gasteiger partial charge in [0.05, 0.1) is 5.69 Å². The molecule has 1 N–H and O–H groups in total. The minimum absolute atomic E-state index is 0.00143. The molecule has 1 heterocycles. The van der Waals surface area contributed by atoms with Crippen LogP contribution in [0, 0.1) is 0 Å². The second-order valence-corrected chi connectivity index (χ2v) is 6.40. The number of amides is 1. The second-order valence-electron chi connectivity index (χ2n) is 6.40. The Hall–Kier alpha value is -3.41. The highest BCUT2D eigenvalue weighted by Crippen LogP contribution is 2.32. The molecule has 1 amide bonds. The predicted octanol–water partition coefficient (Wildman–Crippen LogP) is 4.88. The summed E-state index contributed by atoms with van der Waals surface area (Å²) in [5, 5.41) is 10.1. The van der Waals surface area contributed by atoms with Gasteiger partial charge in [-0.3, -0.25) is 4.79 Å². The number of halogens is 1. The van der Waals surface area contributed by atoms with Gasteiger partial charge in [0, 0.05) is 22.1 Å². The van der Waals surface area contributed by atoms with E-state index in [0.29, 0.717) is 12.2 Å². The number of hydrogen-bond acceptors (Lipinski definition) is 3. The molecule has 2 aromatic carbocycles. The lowest BCUT2D eigenvalue weighted by atomic mass is 10.1. The fourth-order valence-corrected chi connectivity index (χ4v) is 3.33. The number of fused-ring (bicyclic) bond motifs is 1. The number of furan rings is 1. The average molecular weight is 365 g/mol. The Balaban J connectivity index is 1.59. The fraction of sp³-hybridized carbons (Fsp3) is 0.143. The van der Waals surface area contributed by atoms with Crippen LogP contribution in [0.15, 0.2) is 70.2 Å². The molecule has 5 nitrogen and oxygen atoms in total. The zero-order chi connectivity index (χ0) is 19.0. The summed E-state index contributed by atoms with van der Waals surface area (Å²) in [6, 6.07) is 15.8. The van der Waals surface area contributed by atoms with E-state index >= 15 is 0 Å². The van der Waals surface area contributed by atoms with Crippen LogP contribution in [0.4, 0.5) is 10.2 Å². The van der Waals surface area contributed by atoms with Gasteiger partial charge in [-0.2, -0.15) is 0 Å². The van der Waals surface area contributed by atoms with Gasteiger partial charge in [-0.15, -0.1) is 5.12 Å². The molecule has 136 valence electrons. The van der Waals surface area contributed by atoms with E-state index in [1.54, 1.807) is 12.1 Å². The standard InChI is InChI=1S/C21H16FNO4/c22-23(20(24)16-5-3-6-17(16)21(25)26)15-10-8-13(9-11-15)19-12-14-4-1-2-7-18(14)27-19/h1-2,4,7-12H,3,5-6H2,(H,25,26). The van der Waals surface area contributed by atoms with Crippen molar-refractivity contribution in [2.45, 2.75) is 19.3 Å². The van der Waals surface area contributed by atoms with Crippen LogP contribution in [0.5, 0.6) is 0 Å². The number of aliphatic carboxylic acids is 1. The lowest BCUT2D eigenvalue weighted by Gasteiger charge is -2.13. The number of rotatable bonds is 4. The van der Waals surface area contributed by atoms with E-state index in [4.69, 9.17) is 9.52 Å². The Morgan fingerprint density at radius 1 is 1.00 bits per heavy atom. The number of carboxylic acids is 1. The van der Waals surface area contributed by atoms with E-state index in [1.807, 2.05) is 30.3 Å². The quantitative estimate of drug-likeness (QED) is 0.669. The van der Waals surface area contributed by atoms with Crippen molar-refractivity contribution in [2.75, 3.05) is 5.12 Å². The van der Waals surface area contributed by atoms with Gasteiger partial charge >= 0.3 is 5.97 Å². The Kier molecular flexibility index (Phi) is 4.24. The molecule has 0 radical (unpaired) electrons. The van der Waals surface area contributed by atoms with E-state index in [2.05, 4.69) is 0 Å². The number of nitrogens with zero attached hydrogens (tertiary/aromatic N) is 1. The van der Waals surface area contributed by atoms with Gasteiger partial charge in [0.1, 0.15) is 11.3 Å². The molecule has 0 unspecified atom stereocenters. The first-order valence-electron chi connectivity index (χ1n) is 8.59. The largest absolute Gasteiger partial charge is 0.478 e. The van der Waals surface area contributed by atoms with Gasteiger partial charge in [-0.1, -0.05) is 22.7 Å². The van der Waals surface area contributed by atoms with Crippen LogP contribution in [0.2, 0.25) is 0 Å². The molecule has 1 aliphatic carbocycles. The molecule has 0 spiro atoms. The number of benzene rings is 2. The van der Waals surface area contributed by atoms with Crippen molar-refractivity contribution < 1.29 is 23.6 Å². The number of carboxylic acid groups (broad SMARTS) is 1. The Morgan fingerprint density at radius 3 is 2.41 bits per heavy atom. The summed E-state index contributed by atoms with van der Waals surface area (Å²) in [4.78, 5) is 23.5. The zero-order valence-corrected chi connectivity index (χ0v) is 14.3. The van der Waals surface area contributed by atoms with E-state index in [-0.39, 0.29) is 34.8 Å². The number of para-hydroxylation sites is 1. The minimum atomic E-state index is -1.16. The van der Waals surface area contributed by atoms with Crippen molar-refractivity contribution in [3.8, 4) is 11.3 Å². The molecule has 3 aromatic rings. The van der Waals surface area contributed by atoms with Crippen molar-refractivity contribution in [3.05, 3.63) is 65.7 Å². The number of carbonyl (C=O) groups excluding carboxylic acids is 1. The summed E-state index contributed by atoms with van der Waals surface area (Å²) in [5.41, 5.74) is 1.59. The van der Waals surface area contributed by atoms with Gasteiger partial charge in [0.2, 0.25) is 0 Å². The summed E-state index contributed by atoms with van der Waals surface area (Å²) < 4.78 is 20.3. The maximum atomic E-state index is 14.6. The molecule has 0 fully saturated rings. The van der Waals surface area contributed by atoms with Gasteiger partial charge in [0.25, 0.3) is 5.91 Å². The van der Waals surface area contributed by atoms with Crippen molar-refractivity contribution in [2.24, 2.45) is 0 Å². The first-order valence-corrected chi connectivity index (χ1v) is 8.59. The molecule has 0 atom stereocenters.